The van der Waals surface area contributed by atoms with E-state index in [4.69, 9.17) is 0 Å². The number of hydrogen-bond donors (Lipinski definition) is 2. The molecule has 0 radical (unpaired) electrons. The lowest BCUT2D eigenvalue weighted by atomic mass is 10.1. The van der Waals surface area contributed by atoms with Crippen molar-refractivity contribution in [3.63, 3.8) is 0 Å². The quantitative estimate of drug-likeness (QED) is 0.801. The second-order valence-electron chi connectivity index (χ2n) is 4.90. The number of carbonyl (C=O) groups is 1. The summed E-state index contributed by atoms with van der Waals surface area (Å²) in [4.78, 5) is 13.2. The van der Waals surface area contributed by atoms with E-state index < -0.39 is 0 Å². The maximum Gasteiger partial charge on any atom is 0.251 e. The standard InChI is InChI=1S/C16H19BrN2OS/c1-4-18-16(20)12-6-5-10(2)13(9-12)19-11(3)14-7-8-15(17)21-14/h5-9,11,19H,4H2,1-3H3,(H,18,20). The third-order valence-electron chi connectivity index (χ3n) is 3.23. The van der Waals surface area contributed by atoms with Crippen LogP contribution in [0.3, 0.4) is 0 Å². The largest absolute Gasteiger partial charge is 0.377 e. The molecule has 21 heavy (non-hydrogen) atoms. The zero-order chi connectivity index (χ0) is 15.4. The van der Waals surface area contributed by atoms with Crippen molar-refractivity contribution in [2.75, 3.05) is 11.9 Å². The van der Waals surface area contributed by atoms with Gasteiger partial charge in [-0.2, -0.15) is 0 Å². The van der Waals surface area contributed by atoms with Crippen LogP contribution in [-0.2, 0) is 0 Å². The number of nitrogens with one attached hydrogen (secondary N) is 2. The minimum absolute atomic E-state index is 0.0351. The van der Waals surface area contributed by atoms with E-state index in [0.29, 0.717) is 12.1 Å². The van der Waals surface area contributed by atoms with E-state index in [2.05, 4.69) is 45.6 Å². The number of rotatable bonds is 5. The van der Waals surface area contributed by atoms with Crippen molar-refractivity contribution in [3.8, 4) is 0 Å². The van der Waals surface area contributed by atoms with E-state index in [1.54, 1.807) is 11.3 Å². The summed E-state index contributed by atoms with van der Waals surface area (Å²) < 4.78 is 1.12. The Hall–Kier alpha value is -1.33. The third kappa shape index (κ3) is 4.08. The van der Waals surface area contributed by atoms with Crippen molar-refractivity contribution in [1.82, 2.24) is 5.32 Å². The van der Waals surface area contributed by atoms with Gasteiger partial charge in [-0.1, -0.05) is 6.07 Å². The number of halogens is 1. The summed E-state index contributed by atoms with van der Waals surface area (Å²) in [6.45, 7) is 6.72. The number of anilines is 1. The molecular weight excluding hydrogens is 348 g/mol. The van der Waals surface area contributed by atoms with Crippen LogP contribution < -0.4 is 10.6 Å². The number of carbonyl (C=O) groups excluding carboxylic acids is 1. The predicted molar refractivity (Wildman–Crippen MR) is 93.2 cm³/mol. The van der Waals surface area contributed by atoms with Crippen molar-refractivity contribution < 1.29 is 4.79 Å². The van der Waals surface area contributed by atoms with Gasteiger partial charge < -0.3 is 10.6 Å². The lowest BCUT2D eigenvalue weighted by Gasteiger charge is -2.17. The van der Waals surface area contributed by atoms with E-state index >= 15 is 0 Å². The van der Waals surface area contributed by atoms with Crippen molar-refractivity contribution in [2.45, 2.75) is 26.8 Å². The van der Waals surface area contributed by atoms with E-state index in [1.165, 1.54) is 4.88 Å². The van der Waals surface area contributed by atoms with Crippen molar-refractivity contribution in [2.24, 2.45) is 0 Å². The molecular formula is C16H19BrN2OS. The topological polar surface area (TPSA) is 41.1 Å². The fraction of sp³-hybridized carbons (Fsp3) is 0.312. The highest BCUT2D eigenvalue weighted by atomic mass is 79.9. The molecule has 1 amide bonds. The number of benzene rings is 1. The van der Waals surface area contributed by atoms with Crippen LogP contribution in [0.15, 0.2) is 34.1 Å². The molecule has 1 atom stereocenters. The summed E-state index contributed by atoms with van der Waals surface area (Å²) in [5, 5.41) is 6.31. The normalized spacial score (nSPS) is 12.0. The van der Waals surface area contributed by atoms with Crippen LogP contribution >= 0.6 is 27.3 Å². The van der Waals surface area contributed by atoms with Gasteiger partial charge >= 0.3 is 0 Å². The number of amides is 1. The Morgan fingerprint density at radius 3 is 2.71 bits per heavy atom. The molecule has 0 aliphatic carbocycles. The highest BCUT2D eigenvalue weighted by molar-refractivity contribution is 9.11. The molecule has 0 fully saturated rings. The van der Waals surface area contributed by atoms with E-state index in [-0.39, 0.29) is 11.9 Å². The molecule has 1 aromatic heterocycles. The number of hydrogen-bond acceptors (Lipinski definition) is 3. The zero-order valence-corrected chi connectivity index (χ0v) is 14.8. The SMILES string of the molecule is CCNC(=O)c1ccc(C)c(NC(C)c2ccc(Br)s2)c1. The van der Waals surface area contributed by atoms with Gasteiger partial charge in [0.15, 0.2) is 0 Å². The summed E-state index contributed by atoms with van der Waals surface area (Å²) in [5.41, 5.74) is 2.81. The van der Waals surface area contributed by atoms with Crippen molar-refractivity contribution in [3.05, 3.63) is 50.1 Å². The molecule has 2 N–H and O–H groups in total. The van der Waals surface area contributed by atoms with Gasteiger partial charge in [0.2, 0.25) is 0 Å². The monoisotopic (exact) mass is 366 g/mol. The average molecular weight is 367 g/mol. The Morgan fingerprint density at radius 2 is 2.10 bits per heavy atom. The van der Waals surface area contributed by atoms with E-state index in [0.717, 1.165) is 15.0 Å². The third-order valence-corrected chi connectivity index (χ3v) is 5.04. The summed E-state index contributed by atoms with van der Waals surface area (Å²) >= 11 is 5.20. The molecule has 0 aliphatic heterocycles. The van der Waals surface area contributed by atoms with Crippen molar-refractivity contribution >= 4 is 38.9 Å². The molecule has 0 aliphatic rings. The van der Waals surface area contributed by atoms with Gasteiger partial charge in [0, 0.05) is 22.7 Å². The smallest absolute Gasteiger partial charge is 0.251 e. The Kier molecular flexibility index (Phi) is 5.42. The molecule has 3 nitrogen and oxygen atoms in total. The number of thiophene rings is 1. The van der Waals surface area contributed by atoms with Gasteiger partial charge in [-0.3, -0.25) is 4.79 Å². The molecule has 0 saturated carbocycles. The first-order valence-electron chi connectivity index (χ1n) is 6.92. The molecule has 5 heteroatoms. The highest BCUT2D eigenvalue weighted by Gasteiger charge is 2.11. The van der Waals surface area contributed by atoms with Gasteiger partial charge in [-0.15, -0.1) is 11.3 Å². The Labute approximate surface area is 137 Å². The van der Waals surface area contributed by atoms with Crippen LogP contribution in [0, 0.1) is 6.92 Å². The van der Waals surface area contributed by atoms with Crippen LogP contribution in [0.4, 0.5) is 5.69 Å². The lowest BCUT2D eigenvalue weighted by Crippen LogP contribution is -2.22. The molecule has 112 valence electrons. The van der Waals surface area contributed by atoms with Crippen molar-refractivity contribution in [1.29, 1.82) is 0 Å². The van der Waals surface area contributed by atoms with Crippen LogP contribution in [0.25, 0.3) is 0 Å². The fourth-order valence-electron chi connectivity index (χ4n) is 2.05. The first-order chi connectivity index (χ1) is 10.0. The Balaban J connectivity index is 2.19. The Morgan fingerprint density at radius 1 is 1.33 bits per heavy atom. The second-order valence-corrected chi connectivity index (χ2v) is 7.39. The van der Waals surface area contributed by atoms with E-state index in [9.17, 15) is 4.79 Å². The summed E-state index contributed by atoms with van der Waals surface area (Å²) in [6, 6.07) is 10.1. The maximum atomic E-state index is 11.9. The average Bonchev–Trinajstić information content (AvgIpc) is 2.88. The van der Waals surface area contributed by atoms with E-state index in [1.807, 2.05) is 32.0 Å². The van der Waals surface area contributed by atoms with Gasteiger partial charge in [0.05, 0.1) is 9.83 Å². The minimum atomic E-state index is -0.0351. The summed E-state index contributed by atoms with van der Waals surface area (Å²) in [5.74, 6) is -0.0351. The molecule has 0 spiro atoms. The van der Waals surface area contributed by atoms with Crippen LogP contribution in [0.5, 0.6) is 0 Å². The van der Waals surface area contributed by atoms with Gasteiger partial charge in [0.25, 0.3) is 5.91 Å². The maximum absolute atomic E-state index is 11.9. The fourth-order valence-corrected chi connectivity index (χ4v) is 3.47. The minimum Gasteiger partial charge on any atom is -0.377 e. The molecule has 2 rings (SSSR count). The molecule has 1 unspecified atom stereocenters. The van der Waals surface area contributed by atoms with Gasteiger partial charge in [-0.25, -0.2) is 0 Å². The number of aryl methyl sites for hydroxylation is 1. The lowest BCUT2D eigenvalue weighted by molar-refractivity contribution is 0.0956. The Bertz CT molecular complexity index is 639. The molecule has 2 aromatic rings. The van der Waals surface area contributed by atoms with Gasteiger partial charge in [0.1, 0.15) is 0 Å². The van der Waals surface area contributed by atoms with Crippen LogP contribution in [0.2, 0.25) is 0 Å². The summed E-state index contributed by atoms with van der Waals surface area (Å²) in [6.07, 6.45) is 0. The molecule has 0 bridgehead atoms. The summed E-state index contributed by atoms with van der Waals surface area (Å²) in [7, 11) is 0. The van der Waals surface area contributed by atoms with Crippen LogP contribution in [-0.4, -0.2) is 12.5 Å². The van der Waals surface area contributed by atoms with Crippen LogP contribution in [0.1, 0.15) is 40.7 Å². The molecule has 0 saturated heterocycles. The molecule has 1 aromatic carbocycles. The first-order valence-corrected chi connectivity index (χ1v) is 8.52. The first kappa shape index (κ1) is 16.0. The predicted octanol–water partition coefficient (Wildman–Crippen LogP) is 4.74. The molecule has 1 heterocycles. The van der Waals surface area contributed by atoms with Gasteiger partial charge in [-0.05, 0) is 66.5 Å². The zero-order valence-electron chi connectivity index (χ0n) is 12.4. The highest BCUT2D eigenvalue weighted by Crippen LogP contribution is 2.30. The second kappa shape index (κ2) is 7.09.